The maximum Gasteiger partial charge on any atom is 0.0636 e. The van der Waals surface area contributed by atoms with E-state index in [1.54, 1.807) is 0 Å². The van der Waals surface area contributed by atoms with Gasteiger partial charge in [0.1, 0.15) is 0 Å². The van der Waals surface area contributed by atoms with Gasteiger partial charge in [-0.15, -0.1) is 0 Å². The van der Waals surface area contributed by atoms with Crippen LogP contribution in [0.3, 0.4) is 0 Å². The van der Waals surface area contributed by atoms with E-state index in [-0.39, 0.29) is 6.10 Å². The zero-order valence-corrected chi connectivity index (χ0v) is 8.80. The Balaban J connectivity index is 3.27. The minimum atomic E-state index is -0.230. The van der Waals surface area contributed by atoms with Crippen LogP contribution in [0.15, 0.2) is 0 Å². The Morgan fingerprint density at radius 2 is 1.67 bits per heavy atom. The molecule has 0 radical (unpaired) electrons. The summed E-state index contributed by atoms with van der Waals surface area (Å²) in [4.78, 5) is 0. The fraction of sp³-hybridized carbons (Fsp3) is 1.00. The summed E-state index contributed by atoms with van der Waals surface area (Å²) >= 11 is 0. The maximum absolute atomic E-state index is 9.02. The average Bonchev–Trinajstić information content (AvgIpc) is 1.96. The lowest BCUT2D eigenvalue weighted by Gasteiger charge is -2.15. The van der Waals surface area contributed by atoms with Crippen LogP contribution in [0, 0.1) is 5.92 Å². The Kier molecular flexibility index (Phi) is 6.39. The van der Waals surface area contributed by atoms with E-state index in [2.05, 4.69) is 26.1 Å². The van der Waals surface area contributed by atoms with E-state index in [1.165, 1.54) is 12.8 Å². The van der Waals surface area contributed by atoms with Gasteiger partial charge in [0.05, 0.1) is 6.10 Å². The van der Waals surface area contributed by atoms with E-state index in [9.17, 15) is 0 Å². The molecule has 0 spiro atoms. The number of hydrogen-bond acceptors (Lipinski definition) is 2. The van der Waals surface area contributed by atoms with Gasteiger partial charge in [-0.2, -0.15) is 0 Å². The summed E-state index contributed by atoms with van der Waals surface area (Å²) in [5, 5.41) is 12.3. The lowest BCUT2D eigenvalue weighted by molar-refractivity contribution is 0.185. The lowest BCUT2D eigenvalue weighted by atomic mass is 10.0. The molecule has 2 N–H and O–H groups in total. The molecule has 0 saturated heterocycles. The smallest absolute Gasteiger partial charge is 0.0636 e. The average molecular weight is 173 g/mol. The molecule has 0 aliphatic heterocycles. The minimum absolute atomic E-state index is 0.230. The first-order valence-corrected chi connectivity index (χ1v) is 4.93. The zero-order valence-electron chi connectivity index (χ0n) is 8.80. The summed E-state index contributed by atoms with van der Waals surface area (Å²) in [7, 11) is 0. The van der Waals surface area contributed by atoms with Crippen molar-refractivity contribution in [2.45, 2.75) is 52.7 Å². The van der Waals surface area contributed by atoms with Crippen molar-refractivity contribution in [3.05, 3.63) is 0 Å². The molecule has 0 aromatic heterocycles. The third-order valence-corrected chi connectivity index (χ3v) is 1.94. The van der Waals surface area contributed by atoms with Crippen molar-refractivity contribution in [2.75, 3.05) is 6.54 Å². The van der Waals surface area contributed by atoms with Crippen LogP contribution in [0.4, 0.5) is 0 Å². The highest BCUT2D eigenvalue weighted by Gasteiger charge is 2.03. The molecule has 0 saturated carbocycles. The van der Waals surface area contributed by atoms with Crippen LogP contribution in [-0.2, 0) is 0 Å². The lowest BCUT2D eigenvalue weighted by Crippen LogP contribution is -2.32. The second kappa shape index (κ2) is 6.44. The van der Waals surface area contributed by atoms with Gasteiger partial charge >= 0.3 is 0 Å². The molecule has 0 rings (SSSR count). The highest BCUT2D eigenvalue weighted by atomic mass is 16.3. The summed E-state index contributed by atoms with van der Waals surface area (Å²) < 4.78 is 0. The highest BCUT2D eigenvalue weighted by molar-refractivity contribution is 4.63. The van der Waals surface area contributed by atoms with Gasteiger partial charge in [-0.05, 0) is 32.6 Å². The van der Waals surface area contributed by atoms with Crippen molar-refractivity contribution in [1.82, 2.24) is 5.32 Å². The Morgan fingerprint density at radius 3 is 2.08 bits per heavy atom. The standard InChI is InChI=1S/C10H23NO/c1-8(2)5-6-9(3)11-7-10(4)12/h8-12H,5-7H2,1-4H3/t9?,10-/m1/s1. The topological polar surface area (TPSA) is 32.3 Å². The van der Waals surface area contributed by atoms with Crippen LogP contribution in [-0.4, -0.2) is 23.8 Å². The van der Waals surface area contributed by atoms with Gasteiger partial charge in [-0.1, -0.05) is 13.8 Å². The largest absolute Gasteiger partial charge is 0.392 e. The van der Waals surface area contributed by atoms with Crippen LogP contribution in [0.1, 0.15) is 40.5 Å². The molecule has 0 bridgehead atoms. The third kappa shape index (κ3) is 8.02. The van der Waals surface area contributed by atoms with Gasteiger partial charge in [0.2, 0.25) is 0 Å². The van der Waals surface area contributed by atoms with Crippen LogP contribution in [0.2, 0.25) is 0 Å². The zero-order chi connectivity index (χ0) is 9.56. The van der Waals surface area contributed by atoms with Gasteiger partial charge in [0.15, 0.2) is 0 Å². The third-order valence-electron chi connectivity index (χ3n) is 1.94. The fourth-order valence-corrected chi connectivity index (χ4v) is 1.06. The summed E-state index contributed by atoms with van der Waals surface area (Å²) in [6.07, 6.45) is 2.23. The van der Waals surface area contributed by atoms with Gasteiger partial charge in [-0.25, -0.2) is 0 Å². The van der Waals surface area contributed by atoms with Crippen molar-refractivity contribution in [1.29, 1.82) is 0 Å². The maximum atomic E-state index is 9.02. The van der Waals surface area contributed by atoms with Crippen molar-refractivity contribution in [2.24, 2.45) is 5.92 Å². The molecule has 0 aliphatic rings. The molecule has 0 aromatic rings. The Labute approximate surface area is 76.4 Å². The predicted octanol–water partition coefficient (Wildman–Crippen LogP) is 1.78. The van der Waals surface area contributed by atoms with Crippen LogP contribution >= 0.6 is 0 Å². The molecular formula is C10H23NO. The number of hydrogen-bond donors (Lipinski definition) is 2. The van der Waals surface area contributed by atoms with Crippen molar-refractivity contribution in [3.8, 4) is 0 Å². The molecule has 0 heterocycles. The monoisotopic (exact) mass is 173 g/mol. The molecule has 74 valence electrons. The molecule has 0 aromatic carbocycles. The first kappa shape index (κ1) is 11.9. The van der Waals surface area contributed by atoms with E-state index >= 15 is 0 Å². The molecule has 0 amide bonds. The number of aliphatic hydroxyl groups excluding tert-OH is 1. The highest BCUT2D eigenvalue weighted by Crippen LogP contribution is 2.05. The summed E-state index contributed by atoms with van der Waals surface area (Å²) in [5.41, 5.74) is 0. The van der Waals surface area contributed by atoms with Crippen molar-refractivity contribution >= 4 is 0 Å². The summed E-state index contributed by atoms with van der Waals surface area (Å²) in [6.45, 7) is 9.16. The molecule has 12 heavy (non-hydrogen) atoms. The van der Waals surface area contributed by atoms with E-state index in [1.807, 2.05) is 6.92 Å². The van der Waals surface area contributed by atoms with E-state index in [0.29, 0.717) is 12.6 Å². The van der Waals surface area contributed by atoms with Crippen molar-refractivity contribution < 1.29 is 5.11 Å². The number of aliphatic hydroxyl groups is 1. The van der Waals surface area contributed by atoms with Crippen LogP contribution in [0.25, 0.3) is 0 Å². The molecule has 1 unspecified atom stereocenters. The van der Waals surface area contributed by atoms with E-state index in [0.717, 1.165) is 5.92 Å². The number of rotatable bonds is 6. The normalized spacial score (nSPS) is 16.5. The first-order valence-electron chi connectivity index (χ1n) is 4.93. The molecule has 2 atom stereocenters. The van der Waals surface area contributed by atoms with Crippen LogP contribution < -0.4 is 5.32 Å². The molecule has 0 aliphatic carbocycles. The van der Waals surface area contributed by atoms with Gasteiger partial charge in [0, 0.05) is 12.6 Å². The van der Waals surface area contributed by atoms with E-state index in [4.69, 9.17) is 5.11 Å². The SMILES string of the molecule is CC(C)CCC(C)NC[C@@H](C)O. The molecule has 2 heteroatoms. The minimum Gasteiger partial charge on any atom is -0.392 e. The summed E-state index contributed by atoms with van der Waals surface area (Å²) in [6, 6.07) is 0.530. The summed E-state index contributed by atoms with van der Waals surface area (Å²) in [5.74, 6) is 0.779. The fourth-order valence-electron chi connectivity index (χ4n) is 1.06. The Hall–Kier alpha value is -0.0800. The van der Waals surface area contributed by atoms with Gasteiger partial charge < -0.3 is 10.4 Å². The first-order chi connectivity index (χ1) is 5.52. The molecular weight excluding hydrogens is 150 g/mol. The van der Waals surface area contributed by atoms with Crippen molar-refractivity contribution in [3.63, 3.8) is 0 Å². The quantitative estimate of drug-likeness (QED) is 0.641. The Morgan fingerprint density at radius 1 is 1.08 bits per heavy atom. The predicted molar refractivity (Wildman–Crippen MR) is 53.2 cm³/mol. The molecule has 2 nitrogen and oxygen atoms in total. The molecule has 0 fully saturated rings. The van der Waals surface area contributed by atoms with Gasteiger partial charge in [-0.3, -0.25) is 0 Å². The number of nitrogens with one attached hydrogen (secondary N) is 1. The van der Waals surface area contributed by atoms with E-state index < -0.39 is 0 Å². The van der Waals surface area contributed by atoms with Gasteiger partial charge in [0.25, 0.3) is 0 Å². The second-order valence-corrected chi connectivity index (χ2v) is 4.13. The van der Waals surface area contributed by atoms with Crippen LogP contribution in [0.5, 0.6) is 0 Å². The Bertz CT molecular complexity index is 90.0. The second-order valence-electron chi connectivity index (χ2n) is 4.13.